The van der Waals surface area contributed by atoms with Crippen molar-refractivity contribution in [1.82, 2.24) is 20.2 Å². The third-order valence-electron chi connectivity index (χ3n) is 6.99. The number of pyridine rings is 1. The van der Waals surface area contributed by atoms with Gasteiger partial charge in [-0.2, -0.15) is 0 Å². The Balaban J connectivity index is 1.33. The van der Waals surface area contributed by atoms with Crippen LogP contribution in [0.25, 0.3) is 33.3 Å². The number of methoxy groups -OCH3 is 1. The first-order valence-corrected chi connectivity index (χ1v) is 12.0. The van der Waals surface area contributed by atoms with E-state index in [1.165, 1.54) is 19.4 Å². The summed E-state index contributed by atoms with van der Waals surface area (Å²) in [7, 11) is 3.89. The maximum absolute atomic E-state index is 10.7. The van der Waals surface area contributed by atoms with Gasteiger partial charge in [-0.15, -0.1) is 0 Å². The van der Waals surface area contributed by atoms with Gasteiger partial charge in [-0.25, -0.2) is 4.98 Å². The van der Waals surface area contributed by atoms with Crippen LogP contribution in [0.4, 0.5) is 0 Å². The largest absolute Gasteiger partial charge is 0.508 e. The number of aromatic nitrogens is 2. The fourth-order valence-electron chi connectivity index (χ4n) is 4.98. The van der Waals surface area contributed by atoms with Crippen LogP contribution in [0.5, 0.6) is 11.5 Å². The van der Waals surface area contributed by atoms with Crippen molar-refractivity contribution in [3.05, 3.63) is 66.5 Å². The molecular formula is C28H32N4O2. The van der Waals surface area contributed by atoms with Gasteiger partial charge in [0.25, 0.3) is 0 Å². The van der Waals surface area contributed by atoms with E-state index in [1.807, 2.05) is 48.8 Å². The molecule has 1 aliphatic rings. The van der Waals surface area contributed by atoms with Crippen LogP contribution in [0.15, 0.2) is 60.9 Å². The molecule has 1 unspecified atom stereocenters. The average Bonchev–Trinajstić information content (AvgIpc) is 3.47. The van der Waals surface area contributed by atoms with E-state index >= 15 is 0 Å². The fraction of sp³-hybridized carbons (Fsp3) is 0.321. The molecule has 0 saturated carbocycles. The van der Waals surface area contributed by atoms with Crippen molar-refractivity contribution in [1.29, 1.82) is 0 Å². The number of ether oxygens (including phenoxy) is 1. The Morgan fingerprint density at radius 2 is 2.03 bits per heavy atom. The molecule has 0 aliphatic carbocycles. The second kappa shape index (κ2) is 9.87. The third-order valence-corrected chi connectivity index (χ3v) is 6.99. The van der Waals surface area contributed by atoms with Crippen molar-refractivity contribution in [3.63, 3.8) is 0 Å². The molecule has 6 heteroatoms. The SMILES string of the molecule is COc1ccccc1-c1c[nH]c2ncc(-c3ccc(CNCCC4CCCN4C)c(O)c3)cc12. The Labute approximate surface area is 200 Å². The highest BCUT2D eigenvalue weighted by Gasteiger charge is 2.20. The van der Waals surface area contributed by atoms with E-state index in [1.54, 1.807) is 7.11 Å². The van der Waals surface area contributed by atoms with Crippen LogP contribution in [-0.4, -0.2) is 53.3 Å². The number of nitrogens with one attached hydrogen (secondary N) is 2. The Bertz CT molecular complexity index is 1280. The van der Waals surface area contributed by atoms with Crippen molar-refractivity contribution < 1.29 is 9.84 Å². The number of phenols is 1. The molecule has 34 heavy (non-hydrogen) atoms. The molecule has 2 aromatic carbocycles. The maximum Gasteiger partial charge on any atom is 0.137 e. The van der Waals surface area contributed by atoms with Crippen LogP contribution >= 0.6 is 0 Å². The number of phenolic OH excluding ortho intramolecular Hbond substituents is 1. The van der Waals surface area contributed by atoms with Gasteiger partial charge in [0, 0.05) is 52.6 Å². The molecule has 4 aromatic rings. The van der Waals surface area contributed by atoms with Crippen LogP contribution in [0, 0.1) is 0 Å². The predicted octanol–water partition coefficient (Wildman–Crippen LogP) is 5.19. The number of fused-ring (bicyclic) bond motifs is 1. The Kier molecular flexibility index (Phi) is 6.52. The molecule has 3 heterocycles. The van der Waals surface area contributed by atoms with Crippen molar-refractivity contribution in [2.75, 3.05) is 27.2 Å². The highest BCUT2D eigenvalue weighted by Crippen LogP contribution is 2.36. The van der Waals surface area contributed by atoms with Crippen molar-refractivity contribution >= 4 is 11.0 Å². The lowest BCUT2D eigenvalue weighted by Gasteiger charge is -2.19. The fourth-order valence-corrected chi connectivity index (χ4v) is 4.98. The quantitative estimate of drug-likeness (QED) is 0.319. The van der Waals surface area contributed by atoms with Crippen LogP contribution in [0.3, 0.4) is 0 Å². The standard InChI is InChI=1S/C28H32N4O2/c1-32-13-5-6-22(32)11-12-29-16-20-10-9-19(15-26(20)33)21-14-24-25(18-31-28(24)30-17-21)23-7-3-4-8-27(23)34-2/h3-4,7-10,14-15,17-18,22,29,33H,5-6,11-13,16H2,1-2H3,(H,30,31). The number of aromatic amines is 1. The monoisotopic (exact) mass is 456 g/mol. The molecule has 5 rings (SSSR count). The van der Waals surface area contributed by atoms with E-state index in [0.717, 1.165) is 57.6 Å². The van der Waals surface area contributed by atoms with E-state index in [9.17, 15) is 5.11 Å². The number of H-pyrrole nitrogens is 1. The topological polar surface area (TPSA) is 73.4 Å². The molecule has 3 N–H and O–H groups in total. The number of hydrogen-bond donors (Lipinski definition) is 3. The zero-order valence-electron chi connectivity index (χ0n) is 19.8. The van der Waals surface area contributed by atoms with Gasteiger partial charge in [0.1, 0.15) is 17.1 Å². The van der Waals surface area contributed by atoms with Gasteiger partial charge in [-0.05, 0) is 63.2 Å². The molecule has 176 valence electrons. The highest BCUT2D eigenvalue weighted by molar-refractivity contribution is 5.97. The summed E-state index contributed by atoms with van der Waals surface area (Å²) >= 11 is 0. The average molecular weight is 457 g/mol. The molecule has 6 nitrogen and oxygen atoms in total. The number of nitrogens with zero attached hydrogens (tertiary/aromatic N) is 2. The van der Waals surface area contributed by atoms with Crippen LogP contribution < -0.4 is 10.1 Å². The summed E-state index contributed by atoms with van der Waals surface area (Å²) in [5.41, 5.74) is 5.69. The first kappa shape index (κ1) is 22.4. The number of likely N-dealkylation sites (tertiary alicyclic amines) is 1. The maximum atomic E-state index is 10.7. The van der Waals surface area contributed by atoms with Gasteiger partial charge in [0.2, 0.25) is 0 Å². The van der Waals surface area contributed by atoms with E-state index in [4.69, 9.17) is 4.74 Å². The Morgan fingerprint density at radius 1 is 1.15 bits per heavy atom. The van der Waals surface area contributed by atoms with Gasteiger partial charge < -0.3 is 25.0 Å². The lowest BCUT2D eigenvalue weighted by Crippen LogP contribution is -2.29. The van der Waals surface area contributed by atoms with Gasteiger partial charge in [-0.3, -0.25) is 0 Å². The van der Waals surface area contributed by atoms with Crippen LogP contribution in [0.2, 0.25) is 0 Å². The number of hydrogen-bond acceptors (Lipinski definition) is 5. The van der Waals surface area contributed by atoms with E-state index in [2.05, 4.69) is 39.4 Å². The van der Waals surface area contributed by atoms with E-state index < -0.39 is 0 Å². The van der Waals surface area contributed by atoms with Gasteiger partial charge in [0.15, 0.2) is 0 Å². The first-order valence-electron chi connectivity index (χ1n) is 12.0. The molecule has 2 aromatic heterocycles. The zero-order valence-corrected chi connectivity index (χ0v) is 19.8. The summed E-state index contributed by atoms with van der Waals surface area (Å²) < 4.78 is 5.56. The third kappa shape index (κ3) is 4.52. The number of aromatic hydroxyl groups is 1. The number of rotatable bonds is 8. The van der Waals surface area contributed by atoms with E-state index in [-0.39, 0.29) is 0 Å². The first-order chi connectivity index (χ1) is 16.6. The number of para-hydroxylation sites is 1. The van der Waals surface area contributed by atoms with Crippen molar-refractivity contribution in [2.45, 2.75) is 31.8 Å². The summed E-state index contributed by atoms with van der Waals surface area (Å²) in [6.45, 7) is 2.82. The molecule has 0 radical (unpaired) electrons. The molecule has 0 bridgehead atoms. The predicted molar refractivity (Wildman–Crippen MR) is 137 cm³/mol. The van der Waals surface area contributed by atoms with Crippen molar-refractivity contribution in [3.8, 4) is 33.8 Å². The van der Waals surface area contributed by atoms with Crippen molar-refractivity contribution in [2.24, 2.45) is 0 Å². The molecule has 1 saturated heterocycles. The summed E-state index contributed by atoms with van der Waals surface area (Å²) in [6.07, 6.45) is 7.54. The lowest BCUT2D eigenvalue weighted by atomic mass is 10.0. The molecule has 0 amide bonds. The minimum Gasteiger partial charge on any atom is -0.508 e. The smallest absolute Gasteiger partial charge is 0.137 e. The van der Waals surface area contributed by atoms with Crippen LogP contribution in [0.1, 0.15) is 24.8 Å². The summed E-state index contributed by atoms with van der Waals surface area (Å²) in [5.74, 6) is 1.13. The van der Waals surface area contributed by atoms with Gasteiger partial charge in [0.05, 0.1) is 7.11 Å². The molecule has 1 fully saturated rings. The van der Waals surface area contributed by atoms with Gasteiger partial charge >= 0.3 is 0 Å². The lowest BCUT2D eigenvalue weighted by molar-refractivity contribution is 0.293. The molecule has 0 spiro atoms. The normalized spacial score (nSPS) is 16.4. The molecular weight excluding hydrogens is 424 g/mol. The second-order valence-electron chi connectivity index (χ2n) is 9.11. The summed E-state index contributed by atoms with van der Waals surface area (Å²) in [4.78, 5) is 10.3. The minimum atomic E-state index is 0.308. The molecule has 1 aliphatic heterocycles. The minimum absolute atomic E-state index is 0.308. The highest BCUT2D eigenvalue weighted by atomic mass is 16.5. The molecule has 1 atom stereocenters. The summed E-state index contributed by atoms with van der Waals surface area (Å²) in [5, 5.41) is 15.2. The van der Waals surface area contributed by atoms with Gasteiger partial charge in [-0.1, -0.05) is 30.3 Å². The van der Waals surface area contributed by atoms with E-state index in [0.29, 0.717) is 18.3 Å². The summed E-state index contributed by atoms with van der Waals surface area (Å²) in [6, 6.07) is 16.7. The number of benzene rings is 2. The van der Waals surface area contributed by atoms with Crippen LogP contribution in [-0.2, 0) is 6.54 Å². The second-order valence-corrected chi connectivity index (χ2v) is 9.11. The zero-order chi connectivity index (χ0) is 23.5. The Morgan fingerprint density at radius 3 is 2.82 bits per heavy atom. The Hall–Kier alpha value is -3.35.